The van der Waals surface area contributed by atoms with E-state index >= 15 is 0 Å². The Morgan fingerprint density at radius 3 is 2.22 bits per heavy atom. The molecule has 1 heterocycles. The SMILES string of the molecule is CC1(C)OC(=O)C(=Cc2ccc(S(C)(=O)=O)c(C#N)c2)C(=O)O1. The van der Waals surface area contributed by atoms with Crippen LogP contribution in [0.2, 0.25) is 0 Å². The van der Waals surface area contributed by atoms with Crippen molar-refractivity contribution in [2.24, 2.45) is 0 Å². The molecule has 1 fully saturated rings. The summed E-state index contributed by atoms with van der Waals surface area (Å²) in [5.41, 5.74) is -0.113. The third kappa shape index (κ3) is 3.57. The number of rotatable bonds is 2. The Balaban J connectivity index is 2.47. The molecular formula is C15H13NO6S. The molecule has 0 aliphatic carbocycles. The molecule has 7 nitrogen and oxygen atoms in total. The van der Waals surface area contributed by atoms with Gasteiger partial charge in [0.15, 0.2) is 9.84 Å². The summed E-state index contributed by atoms with van der Waals surface area (Å²) in [6.07, 6.45) is 2.17. The van der Waals surface area contributed by atoms with Gasteiger partial charge in [0.1, 0.15) is 11.6 Å². The van der Waals surface area contributed by atoms with Gasteiger partial charge in [-0.1, -0.05) is 6.07 Å². The minimum absolute atomic E-state index is 0.0836. The summed E-state index contributed by atoms with van der Waals surface area (Å²) in [4.78, 5) is 23.6. The number of hydrogen-bond donors (Lipinski definition) is 0. The summed E-state index contributed by atoms with van der Waals surface area (Å²) in [5, 5.41) is 9.07. The van der Waals surface area contributed by atoms with Gasteiger partial charge in [-0.2, -0.15) is 5.26 Å². The number of hydrogen-bond acceptors (Lipinski definition) is 7. The van der Waals surface area contributed by atoms with Crippen molar-refractivity contribution in [1.29, 1.82) is 5.26 Å². The largest absolute Gasteiger partial charge is 0.419 e. The van der Waals surface area contributed by atoms with Gasteiger partial charge in [0.2, 0.25) is 0 Å². The number of nitrogens with zero attached hydrogens (tertiary/aromatic N) is 1. The van der Waals surface area contributed by atoms with Crippen LogP contribution in [-0.4, -0.2) is 32.4 Å². The molecule has 0 unspecified atom stereocenters. The van der Waals surface area contributed by atoms with Crippen molar-refractivity contribution in [3.63, 3.8) is 0 Å². The molecule has 8 heteroatoms. The van der Waals surface area contributed by atoms with Gasteiger partial charge in [0, 0.05) is 20.1 Å². The van der Waals surface area contributed by atoms with E-state index in [2.05, 4.69) is 0 Å². The predicted molar refractivity (Wildman–Crippen MR) is 78.5 cm³/mol. The summed E-state index contributed by atoms with van der Waals surface area (Å²) in [6, 6.07) is 5.66. The lowest BCUT2D eigenvalue weighted by atomic mass is 10.1. The highest BCUT2D eigenvalue weighted by atomic mass is 32.2. The minimum Gasteiger partial charge on any atom is -0.419 e. The van der Waals surface area contributed by atoms with Crippen molar-refractivity contribution in [2.75, 3.05) is 6.26 Å². The Hall–Kier alpha value is -2.66. The van der Waals surface area contributed by atoms with Crippen LogP contribution in [0.5, 0.6) is 0 Å². The maximum absolute atomic E-state index is 11.9. The standard InChI is InChI=1S/C15H13NO6S/c1-15(2)21-13(17)11(14(18)22-15)7-9-4-5-12(23(3,19)20)10(6-9)8-16/h4-7H,1-3H3. The van der Waals surface area contributed by atoms with Gasteiger partial charge in [0.05, 0.1) is 10.5 Å². The average molecular weight is 335 g/mol. The van der Waals surface area contributed by atoms with Crippen LogP contribution >= 0.6 is 0 Å². The number of ether oxygens (including phenoxy) is 2. The zero-order valence-electron chi connectivity index (χ0n) is 12.6. The molecule has 2 rings (SSSR count). The molecule has 0 spiro atoms. The molecule has 0 saturated carbocycles. The fourth-order valence-corrected chi connectivity index (χ4v) is 2.81. The smallest absolute Gasteiger partial charge is 0.348 e. The van der Waals surface area contributed by atoms with Crippen molar-refractivity contribution in [3.8, 4) is 6.07 Å². The normalized spacial score (nSPS) is 17.0. The first-order chi connectivity index (χ1) is 10.5. The first-order valence-corrected chi connectivity index (χ1v) is 8.35. The Morgan fingerprint density at radius 1 is 1.17 bits per heavy atom. The highest BCUT2D eigenvalue weighted by molar-refractivity contribution is 7.90. The summed E-state index contributed by atoms with van der Waals surface area (Å²) in [5.74, 6) is -3.04. The van der Waals surface area contributed by atoms with Crippen molar-refractivity contribution in [1.82, 2.24) is 0 Å². The van der Waals surface area contributed by atoms with Crippen LogP contribution in [0, 0.1) is 11.3 Å². The van der Waals surface area contributed by atoms with Gasteiger partial charge >= 0.3 is 11.9 Å². The van der Waals surface area contributed by atoms with Crippen molar-refractivity contribution >= 4 is 27.9 Å². The van der Waals surface area contributed by atoms with Crippen LogP contribution in [-0.2, 0) is 28.9 Å². The first-order valence-electron chi connectivity index (χ1n) is 6.46. The molecule has 1 saturated heterocycles. The van der Waals surface area contributed by atoms with E-state index < -0.39 is 27.6 Å². The summed E-state index contributed by atoms with van der Waals surface area (Å²) in [6.45, 7) is 2.85. The average Bonchev–Trinajstić information content (AvgIpc) is 2.40. The molecule has 0 atom stereocenters. The van der Waals surface area contributed by atoms with E-state index in [9.17, 15) is 18.0 Å². The summed E-state index contributed by atoms with van der Waals surface area (Å²) in [7, 11) is -3.56. The third-order valence-electron chi connectivity index (χ3n) is 2.95. The lowest BCUT2D eigenvalue weighted by Crippen LogP contribution is -2.41. The van der Waals surface area contributed by atoms with Crippen LogP contribution in [0.1, 0.15) is 25.0 Å². The topological polar surface area (TPSA) is 111 Å². The van der Waals surface area contributed by atoms with Crippen molar-refractivity contribution in [3.05, 3.63) is 34.9 Å². The molecule has 1 aromatic rings. The van der Waals surface area contributed by atoms with E-state index in [4.69, 9.17) is 14.7 Å². The molecule has 0 radical (unpaired) electrons. The Bertz CT molecular complexity index is 852. The molecule has 1 aromatic carbocycles. The van der Waals surface area contributed by atoms with E-state index in [-0.39, 0.29) is 16.0 Å². The van der Waals surface area contributed by atoms with Crippen LogP contribution in [0.3, 0.4) is 0 Å². The molecule has 1 aliphatic rings. The second-order valence-corrected chi connectivity index (χ2v) is 7.36. The number of esters is 2. The van der Waals surface area contributed by atoms with Crippen LogP contribution in [0.4, 0.5) is 0 Å². The molecule has 0 N–H and O–H groups in total. The maximum atomic E-state index is 11.9. The number of sulfone groups is 1. The fourth-order valence-electron chi connectivity index (χ4n) is 1.99. The highest BCUT2D eigenvalue weighted by Gasteiger charge is 2.38. The number of carbonyl (C=O) groups excluding carboxylic acids is 2. The maximum Gasteiger partial charge on any atom is 0.348 e. The van der Waals surface area contributed by atoms with Crippen LogP contribution in [0.25, 0.3) is 6.08 Å². The Labute approximate surface area is 133 Å². The zero-order chi connectivity index (χ0) is 17.4. The molecule has 1 aliphatic heterocycles. The van der Waals surface area contributed by atoms with E-state index in [1.165, 1.54) is 38.1 Å². The van der Waals surface area contributed by atoms with Crippen molar-refractivity contribution < 1.29 is 27.5 Å². The first kappa shape index (κ1) is 16.7. The van der Waals surface area contributed by atoms with E-state index in [1.54, 1.807) is 6.07 Å². The number of cyclic esters (lactones) is 2. The van der Waals surface area contributed by atoms with Crippen LogP contribution < -0.4 is 0 Å². The monoisotopic (exact) mass is 335 g/mol. The molecule has 0 aromatic heterocycles. The highest BCUT2D eigenvalue weighted by Crippen LogP contribution is 2.25. The van der Waals surface area contributed by atoms with E-state index in [1.807, 2.05) is 0 Å². The second kappa shape index (κ2) is 5.52. The van der Waals surface area contributed by atoms with Gasteiger partial charge in [-0.25, -0.2) is 18.0 Å². The number of benzene rings is 1. The van der Waals surface area contributed by atoms with E-state index in [0.717, 1.165) is 6.26 Å². The Kier molecular flexibility index (Phi) is 4.01. The third-order valence-corrected chi connectivity index (χ3v) is 4.11. The van der Waals surface area contributed by atoms with Gasteiger partial charge in [-0.05, 0) is 23.8 Å². The van der Waals surface area contributed by atoms with Gasteiger partial charge in [-0.3, -0.25) is 0 Å². The number of carbonyl (C=O) groups is 2. The molecule has 0 bridgehead atoms. The lowest BCUT2D eigenvalue weighted by Gasteiger charge is -2.29. The predicted octanol–water partition coefficient (Wildman–Crippen LogP) is 1.18. The summed E-state index contributed by atoms with van der Waals surface area (Å²) >= 11 is 0. The molecule has 120 valence electrons. The van der Waals surface area contributed by atoms with E-state index in [0.29, 0.717) is 5.56 Å². The zero-order valence-corrected chi connectivity index (χ0v) is 13.4. The van der Waals surface area contributed by atoms with Crippen molar-refractivity contribution in [2.45, 2.75) is 24.5 Å². The minimum atomic E-state index is -3.56. The van der Waals surface area contributed by atoms with Gasteiger partial charge in [0.25, 0.3) is 5.79 Å². The molecular weight excluding hydrogens is 322 g/mol. The van der Waals surface area contributed by atoms with Gasteiger partial charge < -0.3 is 9.47 Å². The Morgan fingerprint density at radius 2 is 1.74 bits per heavy atom. The molecule has 23 heavy (non-hydrogen) atoms. The number of nitriles is 1. The molecule has 0 amide bonds. The fraction of sp³-hybridized carbons (Fsp3) is 0.267. The quantitative estimate of drug-likeness (QED) is 0.453. The second-order valence-electron chi connectivity index (χ2n) is 5.38. The van der Waals surface area contributed by atoms with Gasteiger partial charge in [-0.15, -0.1) is 0 Å². The summed E-state index contributed by atoms with van der Waals surface area (Å²) < 4.78 is 33.1. The lowest BCUT2D eigenvalue weighted by molar-refractivity contribution is -0.222. The van der Waals surface area contributed by atoms with Crippen LogP contribution in [0.15, 0.2) is 28.7 Å².